The summed E-state index contributed by atoms with van der Waals surface area (Å²) in [7, 11) is -3.61. The number of carbonyl (C=O) groups excluding carboxylic acids is 1. The Morgan fingerprint density at radius 3 is 2.59 bits per heavy atom. The number of nitrogens with one attached hydrogen (secondary N) is 1. The van der Waals surface area contributed by atoms with Gasteiger partial charge in [-0.25, -0.2) is 8.42 Å². The Balaban J connectivity index is 1.94. The number of aromatic nitrogens is 1. The molecule has 1 saturated carbocycles. The Morgan fingerprint density at radius 1 is 1.41 bits per heavy atom. The van der Waals surface area contributed by atoms with Crippen molar-refractivity contribution in [3.8, 4) is 0 Å². The third-order valence-electron chi connectivity index (χ3n) is 4.29. The fraction of sp³-hybridized carbons (Fsp3) is 0.733. The average molecular weight is 328 g/mol. The summed E-state index contributed by atoms with van der Waals surface area (Å²) in [5, 5.41) is 5.45. The van der Waals surface area contributed by atoms with E-state index in [1.54, 1.807) is 13.0 Å². The first-order chi connectivity index (χ1) is 10.3. The van der Waals surface area contributed by atoms with E-state index in [2.05, 4.69) is 17.4 Å². The summed E-state index contributed by atoms with van der Waals surface area (Å²) in [6.07, 6.45) is 3.98. The number of hydrogen-bond donors (Lipinski definition) is 1. The molecule has 0 spiro atoms. The Kier molecular flexibility index (Phi) is 5.26. The number of nitrogens with zero attached hydrogens (tertiary/aromatic N) is 1. The molecule has 1 aromatic rings. The third kappa shape index (κ3) is 4.32. The Bertz CT molecular complexity index is 615. The molecule has 124 valence electrons. The van der Waals surface area contributed by atoms with E-state index in [4.69, 9.17) is 4.52 Å². The Morgan fingerprint density at radius 2 is 2.05 bits per heavy atom. The molecule has 1 amide bonds. The van der Waals surface area contributed by atoms with E-state index in [0.29, 0.717) is 11.6 Å². The molecule has 0 unspecified atom stereocenters. The van der Waals surface area contributed by atoms with Crippen LogP contribution in [0.5, 0.6) is 0 Å². The average Bonchev–Trinajstić information content (AvgIpc) is 2.85. The standard InChI is InChI=1S/C15H24N2O4S/c1-10-4-6-13(7-5-10)16-15(18)12(3)22(19,20)9-14-8-11(2)17-21-14/h8,10,12-13H,4-7,9H2,1-3H3,(H,16,18)/t10?,12-,13?/m0/s1. The molecular weight excluding hydrogens is 304 g/mol. The Labute approximate surface area is 131 Å². The second-order valence-electron chi connectivity index (χ2n) is 6.35. The van der Waals surface area contributed by atoms with Crippen molar-refractivity contribution in [1.29, 1.82) is 0 Å². The molecule has 0 aromatic carbocycles. The van der Waals surface area contributed by atoms with E-state index in [1.807, 2.05) is 0 Å². The van der Waals surface area contributed by atoms with Gasteiger partial charge in [-0.05, 0) is 45.4 Å². The van der Waals surface area contributed by atoms with Crippen LogP contribution < -0.4 is 5.32 Å². The first-order valence-corrected chi connectivity index (χ1v) is 9.43. The van der Waals surface area contributed by atoms with Crippen molar-refractivity contribution < 1.29 is 17.7 Å². The van der Waals surface area contributed by atoms with Crippen LogP contribution in [0.4, 0.5) is 0 Å². The van der Waals surface area contributed by atoms with Gasteiger partial charge in [-0.2, -0.15) is 0 Å². The number of rotatable bonds is 5. The molecule has 1 atom stereocenters. The van der Waals surface area contributed by atoms with Crippen molar-refractivity contribution in [3.63, 3.8) is 0 Å². The summed E-state index contributed by atoms with van der Waals surface area (Å²) < 4.78 is 29.5. The van der Waals surface area contributed by atoms with Crippen molar-refractivity contribution in [2.45, 2.75) is 63.5 Å². The molecular formula is C15H24N2O4S. The molecule has 6 nitrogen and oxygen atoms in total. The van der Waals surface area contributed by atoms with Crippen molar-refractivity contribution in [2.75, 3.05) is 0 Å². The van der Waals surface area contributed by atoms with Crippen LogP contribution in [-0.4, -0.2) is 30.8 Å². The van der Waals surface area contributed by atoms with Crippen molar-refractivity contribution in [1.82, 2.24) is 10.5 Å². The first-order valence-electron chi connectivity index (χ1n) is 7.72. The highest BCUT2D eigenvalue weighted by atomic mass is 32.2. The van der Waals surface area contributed by atoms with Crippen LogP contribution in [0.2, 0.25) is 0 Å². The van der Waals surface area contributed by atoms with Crippen molar-refractivity contribution in [2.24, 2.45) is 5.92 Å². The normalized spacial score (nSPS) is 24.0. The summed E-state index contributed by atoms with van der Waals surface area (Å²) in [6, 6.07) is 1.67. The molecule has 1 aromatic heterocycles. The second-order valence-corrected chi connectivity index (χ2v) is 8.67. The first kappa shape index (κ1) is 17.0. The lowest BCUT2D eigenvalue weighted by Gasteiger charge is -2.27. The molecule has 0 saturated heterocycles. The maximum absolute atomic E-state index is 12.3. The minimum absolute atomic E-state index is 0.0915. The molecule has 0 aliphatic heterocycles. The zero-order chi connectivity index (χ0) is 16.3. The van der Waals surface area contributed by atoms with Crippen LogP contribution in [0.3, 0.4) is 0 Å². The lowest BCUT2D eigenvalue weighted by Crippen LogP contribution is -2.44. The van der Waals surface area contributed by atoms with Gasteiger partial charge in [0.1, 0.15) is 11.0 Å². The number of sulfone groups is 1. The summed E-state index contributed by atoms with van der Waals surface area (Å²) in [5.41, 5.74) is 0.624. The molecule has 0 radical (unpaired) electrons. The number of aryl methyl sites for hydroxylation is 1. The van der Waals surface area contributed by atoms with E-state index in [1.165, 1.54) is 6.92 Å². The SMILES string of the molecule is Cc1cc(CS(=O)(=O)[C@@H](C)C(=O)NC2CCC(C)CC2)on1. The van der Waals surface area contributed by atoms with Crippen LogP contribution in [-0.2, 0) is 20.4 Å². The molecule has 7 heteroatoms. The maximum atomic E-state index is 12.3. The van der Waals surface area contributed by atoms with Gasteiger partial charge in [0, 0.05) is 12.1 Å². The zero-order valence-electron chi connectivity index (χ0n) is 13.3. The predicted octanol–water partition coefficient (Wildman–Crippen LogP) is 1.98. The lowest BCUT2D eigenvalue weighted by molar-refractivity contribution is -0.121. The summed E-state index contributed by atoms with van der Waals surface area (Å²) in [5.74, 6) is 0.229. The molecule has 1 aliphatic carbocycles. The number of carbonyl (C=O) groups is 1. The number of amides is 1. The van der Waals surface area contributed by atoms with Gasteiger partial charge in [0.2, 0.25) is 5.91 Å². The fourth-order valence-electron chi connectivity index (χ4n) is 2.69. The minimum atomic E-state index is -3.61. The zero-order valence-corrected chi connectivity index (χ0v) is 14.1. The van der Waals surface area contributed by atoms with E-state index >= 15 is 0 Å². The summed E-state index contributed by atoms with van der Waals surface area (Å²) >= 11 is 0. The number of hydrogen-bond acceptors (Lipinski definition) is 5. The van der Waals surface area contributed by atoms with Crippen molar-refractivity contribution in [3.05, 3.63) is 17.5 Å². The highest BCUT2D eigenvalue weighted by Crippen LogP contribution is 2.23. The van der Waals surface area contributed by atoms with E-state index in [9.17, 15) is 13.2 Å². The molecule has 1 heterocycles. The van der Waals surface area contributed by atoms with Crippen molar-refractivity contribution >= 4 is 15.7 Å². The van der Waals surface area contributed by atoms with Gasteiger partial charge in [-0.3, -0.25) is 4.79 Å². The molecule has 1 N–H and O–H groups in total. The van der Waals surface area contributed by atoms with Gasteiger partial charge < -0.3 is 9.84 Å². The third-order valence-corrected chi connectivity index (χ3v) is 6.27. The van der Waals surface area contributed by atoms with Crippen LogP contribution in [0.15, 0.2) is 10.6 Å². The van der Waals surface area contributed by atoms with E-state index in [-0.39, 0.29) is 17.6 Å². The van der Waals surface area contributed by atoms with Crippen LogP contribution in [0.1, 0.15) is 51.0 Å². The second kappa shape index (κ2) is 6.81. The highest BCUT2D eigenvalue weighted by molar-refractivity contribution is 7.92. The van der Waals surface area contributed by atoms with Gasteiger partial charge >= 0.3 is 0 Å². The van der Waals surface area contributed by atoms with E-state index in [0.717, 1.165) is 25.7 Å². The lowest BCUT2D eigenvalue weighted by atomic mass is 9.87. The van der Waals surface area contributed by atoms with Crippen LogP contribution in [0.25, 0.3) is 0 Å². The van der Waals surface area contributed by atoms with Gasteiger partial charge in [0.05, 0.1) is 5.69 Å². The predicted molar refractivity (Wildman–Crippen MR) is 82.9 cm³/mol. The monoisotopic (exact) mass is 328 g/mol. The highest BCUT2D eigenvalue weighted by Gasteiger charge is 2.31. The molecule has 1 aliphatic rings. The van der Waals surface area contributed by atoms with Gasteiger partial charge in [0.25, 0.3) is 0 Å². The molecule has 22 heavy (non-hydrogen) atoms. The summed E-state index contributed by atoms with van der Waals surface area (Å²) in [4.78, 5) is 12.2. The Hall–Kier alpha value is -1.37. The van der Waals surface area contributed by atoms with Gasteiger partial charge in [-0.15, -0.1) is 0 Å². The largest absolute Gasteiger partial charge is 0.360 e. The molecule has 0 bridgehead atoms. The topological polar surface area (TPSA) is 89.3 Å². The quantitative estimate of drug-likeness (QED) is 0.892. The fourth-order valence-corrected chi connectivity index (χ4v) is 3.87. The smallest absolute Gasteiger partial charge is 0.238 e. The summed E-state index contributed by atoms with van der Waals surface area (Å²) in [6.45, 7) is 5.35. The van der Waals surface area contributed by atoms with Gasteiger partial charge in [-0.1, -0.05) is 12.1 Å². The van der Waals surface area contributed by atoms with Gasteiger partial charge in [0.15, 0.2) is 15.6 Å². The maximum Gasteiger partial charge on any atom is 0.238 e. The van der Waals surface area contributed by atoms with Crippen LogP contribution in [0, 0.1) is 12.8 Å². The van der Waals surface area contributed by atoms with Crippen LogP contribution >= 0.6 is 0 Å². The molecule has 1 fully saturated rings. The molecule has 2 rings (SSSR count). The minimum Gasteiger partial charge on any atom is -0.360 e. The van der Waals surface area contributed by atoms with E-state index < -0.39 is 21.0 Å².